The molecular formula is C23H29NO4S. The topological polar surface area (TPSA) is 55.8 Å². The molecule has 156 valence electrons. The monoisotopic (exact) mass is 415 g/mol. The summed E-state index contributed by atoms with van der Waals surface area (Å²) in [6, 6.07) is 5.84. The molecule has 0 spiro atoms. The zero-order chi connectivity index (χ0) is 20.6. The van der Waals surface area contributed by atoms with Crippen LogP contribution in [0.4, 0.5) is 0 Å². The van der Waals surface area contributed by atoms with E-state index in [-0.39, 0.29) is 12.0 Å². The first-order valence-electron chi connectivity index (χ1n) is 10.2. The maximum Gasteiger partial charge on any atom is 0.224 e. The zero-order valence-corrected chi connectivity index (χ0v) is 18.1. The first-order chi connectivity index (χ1) is 13.9. The van der Waals surface area contributed by atoms with Crippen molar-refractivity contribution in [2.45, 2.75) is 49.3 Å². The van der Waals surface area contributed by atoms with E-state index >= 15 is 0 Å². The van der Waals surface area contributed by atoms with E-state index in [1.54, 1.807) is 18.5 Å². The van der Waals surface area contributed by atoms with Crippen LogP contribution in [0.1, 0.15) is 44.1 Å². The van der Waals surface area contributed by atoms with Gasteiger partial charge in [0.25, 0.3) is 0 Å². The van der Waals surface area contributed by atoms with E-state index in [2.05, 4.69) is 6.08 Å². The number of rotatable bonds is 5. The second-order valence-corrected chi connectivity index (χ2v) is 10.5. The molecule has 4 rings (SSSR count). The van der Waals surface area contributed by atoms with E-state index in [4.69, 9.17) is 9.47 Å². The molecule has 0 aromatic heterocycles. The van der Waals surface area contributed by atoms with Gasteiger partial charge in [0.15, 0.2) is 11.5 Å². The van der Waals surface area contributed by atoms with Gasteiger partial charge in [-0.25, -0.2) is 8.42 Å². The van der Waals surface area contributed by atoms with Crippen molar-refractivity contribution >= 4 is 10.0 Å². The van der Waals surface area contributed by atoms with Gasteiger partial charge in [0.05, 0.1) is 20.3 Å². The van der Waals surface area contributed by atoms with Crippen LogP contribution in [0.5, 0.6) is 11.5 Å². The lowest BCUT2D eigenvalue weighted by molar-refractivity contribution is 0.333. The smallest absolute Gasteiger partial charge is 0.224 e. The van der Waals surface area contributed by atoms with Crippen molar-refractivity contribution in [3.63, 3.8) is 0 Å². The summed E-state index contributed by atoms with van der Waals surface area (Å²) in [6.45, 7) is 2.38. The molecule has 1 unspecified atom stereocenters. The molecule has 0 N–H and O–H groups in total. The van der Waals surface area contributed by atoms with Gasteiger partial charge in [-0.3, -0.25) is 0 Å². The van der Waals surface area contributed by atoms with Crippen LogP contribution in [0.2, 0.25) is 0 Å². The van der Waals surface area contributed by atoms with Gasteiger partial charge >= 0.3 is 0 Å². The molecular weight excluding hydrogens is 386 g/mol. The normalized spacial score (nSPS) is 29.4. The first-order valence-corrected chi connectivity index (χ1v) is 11.6. The summed E-state index contributed by atoms with van der Waals surface area (Å²) in [5, 5.41) is 0. The predicted molar refractivity (Wildman–Crippen MR) is 115 cm³/mol. The highest BCUT2D eigenvalue weighted by molar-refractivity contribution is 7.90. The number of benzene rings is 1. The molecule has 1 heterocycles. The molecule has 2 aliphatic carbocycles. The summed E-state index contributed by atoms with van der Waals surface area (Å²) in [5.74, 6) is 1.48. The standard InChI is InChI=1S/C23H29NO4S/c1-23(13-5-4-6-14-23)29(25,26)24-15-12-17-8-7-9-19(22(17)24)18-10-11-20(27-2)21(16-18)28-3/h4-6,8,10-11,13,16,19,22H,7,9,12,14-15H2,1-3H3/t19-,22+,23?/m0/s1. The van der Waals surface area contributed by atoms with Crippen LogP contribution >= 0.6 is 0 Å². The van der Waals surface area contributed by atoms with E-state index in [1.165, 1.54) is 5.57 Å². The number of hydrogen-bond donors (Lipinski definition) is 0. The van der Waals surface area contributed by atoms with E-state index in [9.17, 15) is 8.42 Å². The molecule has 1 fully saturated rings. The molecule has 29 heavy (non-hydrogen) atoms. The Hall–Kier alpha value is -2.05. The average Bonchev–Trinajstić information content (AvgIpc) is 3.18. The lowest BCUT2D eigenvalue weighted by Crippen LogP contribution is -2.49. The fraction of sp³-hybridized carbons (Fsp3) is 0.478. The van der Waals surface area contributed by atoms with Crippen LogP contribution in [-0.4, -0.2) is 44.3 Å². The van der Waals surface area contributed by atoms with Gasteiger partial charge in [0.2, 0.25) is 10.0 Å². The van der Waals surface area contributed by atoms with Crippen molar-refractivity contribution in [3.8, 4) is 11.5 Å². The highest BCUT2D eigenvalue weighted by Crippen LogP contribution is 2.46. The lowest BCUT2D eigenvalue weighted by Gasteiger charge is -2.39. The fourth-order valence-electron chi connectivity index (χ4n) is 4.87. The number of nitrogens with zero attached hydrogens (tertiary/aromatic N) is 1. The van der Waals surface area contributed by atoms with Gasteiger partial charge in [0, 0.05) is 12.5 Å². The summed E-state index contributed by atoms with van der Waals surface area (Å²) in [7, 11) is -0.252. The Labute approximate surface area is 173 Å². The van der Waals surface area contributed by atoms with Crippen molar-refractivity contribution in [3.05, 3.63) is 59.7 Å². The molecule has 5 nitrogen and oxygen atoms in total. The van der Waals surface area contributed by atoms with E-state index in [0.29, 0.717) is 24.5 Å². The van der Waals surface area contributed by atoms with Crippen molar-refractivity contribution in [1.29, 1.82) is 0 Å². The molecule has 3 aliphatic rings. The lowest BCUT2D eigenvalue weighted by atomic mass is 9.80. The molecule has 1 aliphatic heterocycles. The van der Waals surface area contributed by atoms with E-state index in [1.807, 2.05) is 49.4 Å². The number of methoxy groups -OCH3 is 2. The SMILES string of the molecule is COc1ccc([C@@H]2CCC=C3CCN(S(=O)(=O)C4(C)C=CC=CC4)[C@H]32)cc1OC. The van der Waals surface area contributed by atoms with E-state index < -0.39 is 14.8 Å². The Bertz CT molecular complexity index is 979. The number of allylic oxidation sites excluding steroid dienone is 4. The van der Waals surface area contributed by atoms with Crippen LogP contribution in [0.25, 0.3) is 0 Å². The van der Waals surface area contributed by atoms with Gasteiger partial charge in [-0.15, -0.1) is 0 Å². The Morgan fingerprint density at radius 1 is 1.14 bits per heavy atom. The number of fused-ring (bicyclic) bond motifs is 1. The third-order valence-corrected chi connectivity index (χ3v) is 9.04. The summed E-state index contributed by atoms with van der Waals surface area (Å²) >= 11 is 0. The molecule has 1 aromatic rings. The summed E-state index contributed by atoms with van der Waals surface area (Å²) in [4.78, 5) is 0. The summed E-state index contributed by atoms with van der Waals surface area (Å²) < 4.78 is 39.2. The summed E-state index contributed by atoms with van der Waals surface area (Å²) in [6.07, 6.45) is 13.0. The van der Waals surface area contributed by atoms with Crippen LogP contribution in [-0.2, 0) is 10.0 Å². The molecule has 6 heteroatoms. The van der Waals surface area contributed by atoms with E-state index in [0.717, 1.165) is 24.8 Å². The second-order valence-electron chi connectivity index (χ2n) is 8.19. The van der Waals surface area contributed by atoms with Gasteiger partial charge in [0.1, 0.15) is 4.75 Å². The molecule has 1 aromatic carbocycles. The first kappa shape index (κ1) is 20.2. The quantitative estimate of drug-likeness (QED) is 0.677. The van der Waals surface area contributed by atoms with Crippen molar-refractivity contribution in [2.24, 2.45) is 0 Å². The maximum atomic E-state index is 13.7. The average molecular weight is 416 g/mol. The van der Waals surface area contributed by atoms with Crippen molar-refractivity contribution in [2.75, 3.05) is 20.8 Å². The molecule has 0 amide bonds. The van der Waals surface area contributed by atoms with Crippen LogP contribution < -0.4 is 9.47 Å². The molecule has 1 saturated heterocycles. The van der Waals surface area contributed by atoms with Crippen LogP contribution in [0.3, 0.4) is 0 Å². The second kappa shape index (κ2) is 7.65. The highest BCUT2D eigenvalue weighted by atomic mass is 32.2. The van der Waals surface area contributed by atoms with Crippen LogP contribution in [0, 0.1) is 0 Å². The minimum atomic E-state index is -3.50. The zero-order valence-electron chi connectivity index (χ0n) is 17.3. The molecule has 0 radical (unpaired) electrons. The molecule has 3 atom stereocenters. The Morgan fingerprint density at radius 3 is 2.62 bits per heavy atom. The number of ether oxygens (including phenoxy) is 2. The molecule has 0 saturated carbocycles. The Balaban J connectivity index is 1.72. The van der Waals surface area contributed by atoms with Gasteiger partial charge in [-0.2, -0.15) is 4.31 Å². The van der Waals surface area contributed by atoms with Crippen LogP contribution in [0.15, 0.2) is 54.2 Å². The number of sulfonamides is 1. The summed E-state index contributed by atoms with van der Waals surface area (Å²) in [5.41, 5.74) is 2.35. The largest absolute Gasteiger partial charge is 0.493 e. The predicted octanol–water partition coefficient (Wildman–Crippen LogP) is 4.19. The highest BCUT2D eigenvalue weighted by Gasteiger charge is 2.49. The maximum absolute atomic E-state index is 13.7. The van der Waals surface area contributed by atoms with Gasteiger partial charge < -0.3 is 9.47 Å². The van der Waals surface area contributed by atoms with Gasteiger partial charge in [-0.05, 0) is 50.3 Å². The third-order valence-electron chi connectivity index (χ3n) is 6.53. The minimum absolute atomic E-state index is 0.110. The minimum Gasteiger partial charge on any atom is -0.493 e. The van der Waals surface area contributed by atoms with Crippen molar-refractivity contribution in [1.82, 2.24) is 4.31 Å². The molecule has 0 bridgehead atoms. The fourth-order valence-corrected chi connectivity index (χ4v) is 6.87. The third kappa shape index (κ3) is 3.32. The Kier molecular flexibility index (Phi) is 5.34. The Morgan fingerprint density at radius 2 is 1.93 bits per heavy atom. The van der Waals surface area contributed by atoms with Crippen molar-refractivity contribution < 1.29 is 17.9 Å². The van der Waals surface area contributed by atoms with Gasteiger partial charge in [-0.1, -0.05) is 42.0 Å². The number of hydrogen-bond acceptors (Lipinski definition) is 4.